The van der Waals surface area contributed by atoms with E-state index in [0.717, 1.165) is 61.3 Å². The molecule has 3 heterocycles. The van der Waals surface area contributed by atoms with Gasteiger partial charge in [-0.25, -0.2) is 9.97 Å². The standard InChI is InChI=1S/C19H23N5O2S2/c1-2-24-16-6-4-3-5-15(16)21-19(24)28-13-17(25)22-18-20-14(12-27-18)11-23-7-9-26-10-8-23/h3-6,12H,2,7-11,13H2,1H3,(H,20,22,25). The molecule has 0 atom stereocenters. The van der Waals surface area contributed by atoms with Crippen molar-refractivity contribution in [2.75, 3.05) is 37.4 Å². The monoisotopic (exact) mass is 417 g/mol. The van der Waals surface area contributed by atoms with E-state index in [0.29, 0.717) is 10.9 Å². The van der Waals surface area contributed by atoms with Crippen LogP contribution in [0.3, 0.4) is 0 Å². The van der Waals surface area contributed by atoms with Crippen molar-refractivity contribution in [1.82, 2.24) is 19.4 Å². The lowest BCUT2D eigenvalue weighted by Gasteiger charge is -2.25. The summed E-state index contributed by atoms with van der Waals surface area (Å²) in [6, 6.07) is 8.04. The van der Waals surface area contributed by atoms with E-state index in [4.69, 9.17) is 4.74 Å². The number of carbonyl (C=O) groups is 1. The summed E-state index contributed by atoms with van der Waals surface area (Å²) in [6.45, 7) is 7.10. The number of aromatic nitrogens is 3. The third-order valence-corrected chi connectivity index (χ3v) is 6.34. The van der Waals surface area contributed by atoms with Crippen LogP contribution in [0.4, 0.5) is 5.13 Å². The SMILES string of the molecule is CCn1c(SCC(=O)Nc2nc(CN3CCOCC3)cs2)nc2ccccc21. The van der Waals surface area contributed by atoms with Crippen molar-refractivity contribution in [3.05, 3.63) is 35.3 Å². The van der Waals surface area contributed by atoms with Crippen molar-refractivity contribution in [2.45, 2.75) is 25.2 Å². The average Bonchev–Trinajstić information content (AvgIpc) is 3.30. The Balaban J connectivity index is 1.32. The van der Waals surface area contributed by atoms with E-state index in [1.807, 2.05) is 23.6 Å². The number of rotatable bonds is 7. The lowest BCUT2D eigenvalue weighted by molar-refractivity contribution is -0.113. The second-order valence-corrected chi connectivity index (χ2v) is 8.30. The van der Waals surface area contributed by atoms with E-state index < -0.39 is 0 Å². The number of hydrogen-bond donors (Lipinski definition) is 1. The topological polar surface area (TPSA) is 72.3 Å². The predicted molar refractivity (Wildman–Crippen MR) is 113 cm³/mol. The van der Waals surface area contributed by atoms with Gasteiger partial charge in [-0.2, -0.15) is 0 Å². The Morgan fingerprint density at radius 1 is 1.29 bits per heavy atom. The highest BCUT2D eigenvalue weighted by molar-refractivity contribution is 7.99. The number of nitrogens with zero attached hydrogens (tertiary/aromatic N) is 4. The number of thioether (sulfide) groups is 1. The van der Waals surface area contributed by atoms with Crippen molar-refractivity contribution in [3.63, 3.8) is 0 Å². The summed E-state index contributed by atoms with van der Waals surface area (Å²) in [4.78, 5) is 23.9. The second-order valence-electron chi connectivity index (χ2n) is 6.50. The molecule has 1 N–H and O–H groups in total. The van der Waals surface area contributed by atoms with E-state index in [1.165, 1.54) is 23.1 Å². The van der Waals surface area contributed by atoms with Crippen molar-refractivity contribution in [1.29, 1.82) is 0 Å². The molecule has 3 aromatic rings. The normalized spacial score (nSPS) is 15.2. The molecule has 0 aliphatic carbocycles. The molecule has 1 saturated heterocycles. The van der Waals surface area contributed by atoms with Crippen LogP contribution in [0.15, 0.2) is 34.8 Å². The Bertz CT molecular complexity index is 949. The zero-order chi connectivity index (χ0) is 19.3. The Morgan fingerprint density at radius 2 is 2.11 bits per heavy atom. The zero-order valence-corrected chi connectivity index (χ0v) is 17.4. The number of anilines is 1. The fourth-order valence-electron chi connectivity index (χ4n) is 3.18. The molecule has 0 spiro atoms. The Morgan fingerprint density at radius 3 is 2.93 bits per heavy atom. The number of benzene rings is 1. The summed E-state index contributed by atoms with van der Waals surface area (Å²) >= 11 is 2.92. The van der Waals surface area contributed by atoms with E-state index in [2.05, 4.69) is 37.7 Å². The van der Waals surface area contributed by atoms with Gasteiger partial charge in [-0.05, 0) is 19.1 Å². The van der Waals surface area contributed by atoms with Crippen molar-refractivity contribution in [2.24, 2.45) is 0 Å². The van der Waals surface area contributed by atoms with E-state index in [-0.39, 0.29) is 5.91 Å². The highest BCUT2D eigenvalue weighted by Gasteiger charge is 2.15. The molecule has 2 aromatic heterocycles. The van der Waals surface area contributed by atoms with Gasteiger partial charge >= 0.3 is 0 Å². The van der Waals surface area contributed by atoms with Crippen LogP contribution in [0.25, 0.3) is 11.0 Å². The molecule has 0 unspecified atom stereocenters. The molecule has 1 fully saturated rings. The van der Waals surface area contributed by atoms with Crippen LogP contribution in [0, 0.1) is 0 Å². The van der Waals surface area contributed by atoms with Crippen LogP contribution in [0.1, 0.15) is 12.6 Å². The molecule has 7 nitrogen and oxygen atoms in total. The maximum absolute atomic E-state index is 12.4. The fraction of sp³-hybridized carbons (Fsp3) is 0.421. The molecule has 1 aromatic carbocycles. The number of hydrogen-bond acceptors (Lipinski definition) is 7. The van der Waals surface area contributed by atoms with Gasteiger partial charge < -0.3 is 14.6 Å². The summed E-state index contributed by atoms with van der Waals surface area (Å²) in [7, 11) is 0. The lowest BCUT2D eigenvalue weighted by Crippen LogP contribution is -2.35. The van der Waals surface area contributed by atoms with Gasteiger partial charge in [-0.15, -0.1) is 11.3 Å². The van der Waals surface area contributed by atoms with Gasteiger partial charge in [0.25, 0.3) is 0 Å². The molecule has 28 heavy (non-hydrogen) atoms. The maximum Gasteiger partial charge on any atom is 0.236 e. The minimum Gasteiger partial charge on any atom is -0.379 e. The van der Waals surface area contributed by atoms with Gasteiger partial charge in [-0.3, -0.25) is 9.69 Å². The van der Waals surface area contributed by atoms with E-state index in [1.54, 1.807) is 0 Å². The summed E-state index contributed by atoms with van der Waals surface area (Å²) in [5, 5.41) is 6.43. The number of nitrogens with one attached hydrogen (secondary N) is 1. The van der Waals surface area contributed by atoms with Crippen molar-refractivity contribution < 1.29 is 9.53 Å². The number of imidazole rings is 1. The van der Waals surface area contributed by atoms with Crippen LogP contribution < -0.4 is 5.32 Å². The second kappa shape index (κ2) is 9.04. The van der Waals surface area contributed by atoms with Crippen LogP contribution in [-0.4, -0.2) is 57.4 Å². The van der Waals surface area contributed by atoms with Crippen LogP contribution in [0.5, 0.6) is 0 Å². The Hall–Kier alpha value is -1.94. The Kier molecular flexibility index (Phi) is 6.26. The molecule has 1 aliphatic rings. The molecule has 0 radical (unpaired) electrons. The number of carbonyl (C=O) groups excluding carboxylic acids is 1. The first-order valence-electron chi connectivity index (χ1n) is 9.35. The summed E-state index contributed by atoms with van der Waals surface area (Å²) in [6.07, 6.45) is 0. The summed E-state index contributed by atoms with van der Waals surface area (Å²) < 4.78 is 7.50. The number of aryl methyl sites for hydroxylation is 1. The quantitative estimate of drug-likeness (QED) is 0.596. The third-order valence-electron chi connectivity index (χ3n) is 4.56. The number of morpholine rings is 1. The van der Waals surface area contributed by atoms with Gasteiger partial charge in [-0.1, -0.05) is 23.9 Å². The highest BCUT2D eigenvalue weighted by Crippen LogP contribution is 2.24. The lowest BCUT2D eigenvalue weighted by atomic mass is 10.3. The molecule has 9 heteroatoms. The molecule has 148 valence electrons. The maximum atomic E-state index is 12.4. The molecule has 4 rings (SSSR count). The van der Waals surface area contributed by atoms with Gasteiger partial charge in [0.05, 0.1) is 35.7 Å². The minimum absolute atomic E-state index is 0.0630. The van der Waals surface area contributed by atoms with E-state index in [9.17, 15) is 4.79 Å². The number of fused-ring (bicyclic) bond motifs is 1. The van der Waals surface area contributed by atoms with Gasteiger partial charge in [0.15, 0.2) is 10.3 Å². The van der Waals surface area contributed by atoms with Gasteiger partial charge in [0, 0.05) is 31.6 Å². The smallest absolute Gasteiger partial charge is 0.236 e. The fourth-order valence-corrected chi connectivity index (χ4v) is 4.78. The van der Waals surface area contributed by atoms with Gasteiger partial charge in [0.2, 0.25) is 5.91 Å². The average molecular weight is 418 g/mol. The van der Waals surface area contributed by atoms with Gasteiger partial charge in [0.1, 0.15) is 0 Å². The summed E-state index contributed by atoms with van der Waals surface area (Å²) in [5.74, 6) is 0.244. The first kappa shape index (κ1) is 19.4. The number of ether oxygens (including phenoxy) is 1. The Labute approximate surface area is 172 Å². The van der Waals surface area contributed by atoms with Crippen molar-refractivity contribution >= 4 is 45.2 Å². The van der Waals surface area contributed by atoms with Crippen LogP contribution in [-0.2, 0) is 22.6 Å². The minimum atomic E-state index is -0.0630. The largest absolute Gasteiger partial charge is 0.379 e. The third kappa shape index (κ3) is 4.54. The molecular weight excluding hydrogens is 394 g/mol. The van der Waals surface area contributed by atoms with Crippen LogP contribution in [0.2, 0.25) is 0 Å². The highest BCUT2D eigenvalue weighted by atomic mass is 32.2. The number of amides is 1. The number of para-hydroxylation sites is 2. The summed E-state index contributed by atoms with van der Waals surface area (Å²) in [5.41, 5.74) is 3.04. The molecule has 1 aliphatic heterocycles. The molecule has 1 amide bonds. The predicted octanol–water partition coefficient (Wildman–Crippen LogP) is 3.08. The van der Waals surface area contributed by atoms with Crippen LogP contribution >= 0.6 is 23.1 Å². The molecular formula is C19H23N5O2S2. The van der Waals surface area contributed by atoms with E-state index >= 15 is 0 Å². The molecule has 0 bridgehead atoms. The first-order valence-corrected chi connectivity index (χ1v) is 11.2. The zero-order valence-electron chi connectivity index (χ0n) is 15.8. The first-order chi connectivity index (χ1) is 13.7. The molecule has 0 saturated carbocycles. The number of thiazole rings is 1. The van der Waals surface area contributed by atoms with Crippen molar-refractivity contribution in [3.8, 4) is 0 Å².